The first-order valence-electron chi connectivity index (χ1n) is 6.77. The molecule has 0 radical (unpaired) electrons. The number of nitrogens with one attached hydrogen (secondary N) is 1. The van der Waals surface area contributed by atoms with Gasteiger partial charge in [-0.15, -0.1) is 0 Å². The lowest BCUT2D eigenvalue weighted by molar-refractivity contribution is -0.117. The fourth-order valence-electron chi connectivity index (χ4n) is 2.69. The summed E-state index contributed by atoms with van der Waals surface area (Å²) in [5, 5.41) is 3.04. The lowest BCUT2D eigenvalue weighted by Crippen LogP contribution is -2.48. The third-order valence-corrected chi connectivity index (χ3v) is 5.73. The Kier molecular flexibility index (Phi) is 6.97. The number of nitrogens with two attached hydrogens (primary N) is 1. The molecule has 1 saturated heterocycles. The highest BCUT2D eigenvalue weighted by atomic mass is 127. The van der Waals surface area contributed by atoms with Crippen molar-refractivity contribution in [3.05, 3.63) is 22.8 Å². The van der Waals surface area contributed by atoms with Crippen molar-refractivity contribution in [2.75, 3.05) is 25.0 Å². The van der Waals surface area contributed by atoms with Crippen molar-refractivity contribution >= 4 is 79.4 Å². The van der Waals surface area contributed by atoms with Crippen LogP contribution in [-0.4, -0.2) is 36.5 Å². The van der Waals surface area contributed by atoms with E-state index in [0.717, 1.165) is 32.3 Å². The Morgan fingerprint density at radius 1 is 1.33 bits per heavy atom. The lowest BCUT2D eigenvalue weighted by Gasteiger charge is -2.34. The van der Waals surface area contributed by atoms with Gasteiger partial charge in [-0.05, 0) is 92.2 Å². The Morgan fingerprint density at radius 2 is 1.95 bits per heavy atom. The minimum atomic E-state index is 0.0355. The number of likely N-dealkylation sites (tertiary alicyclic amines) is 1. The average Bonchev–Trinajstić information content (AvgIpc) is 2.32. The fraction of sp³-hybridized carbons (Fsp3) is 0.500. The third kappa shape index (κ3) is 5.43. The van der Waals surface area contributed by atoms with Gasteiger partial charge in [0.1, 0.15) is 0 Å². The molecule has 1 aromatic rings. The quantitative estimate of drug-likeness (QED) is 0.509. The first-order valence-corrected chi connectivity index (χ1v) is 10.0. The molecule has 0 bridgehead atoms. The summed E-state index contributed by atoms with van der Waals surface area (Å²) in [6, 6.07) is 4.32. The minimum Gasteiger partial charge on any atom is -0.327 e. The highest BCUT2D eigenvalue weighted by molar-refractivity contribution is 14.1. The van der Waals surface area contributed by atoms with E-state index in [9.17, 15) is 4.79 Å². The molecule has 1 aliphatic heterocycles. The fourth-order valence-corrected chi connectivity index (χ4v) is 6.54. The van der Waals surface area contributed by atoms with Gasteiger partial charge in [-0.25, -0.2) is 0 Å². The van der Waals surface area contributed by atoms with Crippen molar-refractivity contribution in [1.29, 1.82) is 0 Å². The molecule has 4 nitrogen and oxygen atoms in total. The maximum Gasteiger partial charge on any atom is 0.238 e. The number of piperidine rings is 1. The normalized spacial score (nSPS) is 23.1. The summed E-state index contributed by atoms with van der Waals surface area (Å²) in [4.78, 5) is 14.4. The molecule has 0 saturated carbocycles. The van der Waals surface area contributed by atoms with Crippen LogP contribution in [0, 0.1) is 16.6 Å². The van der Waals surface area contributed by atoms with E-state index >= 15 is 0 Å². The highest BCUT2D eigenvalue weighted by Crippen LogP contribution is 2.27. The third-order valence-electron chi connectivity index (χ3n) is 3.41. The Hall–Kier alpha value is 0.800. The van der Waals surface area contributed by atoms with Gasteiger partial charge in [-0.1, -0.05) is 6.92 Å². The van der Waals surface area contributed by atoms with Gasteiger partial charge < -0.3 is 11.1 Å². The van der Waals surface area contributed by atoms with Crippen LogP contribution < -0.4 is 11.1 Å². The van der Waals surface area contributed by atoms with Crippen molar-refractivity contribution in [3.8, 4) is 0 Å². The molecule has 116 valence electrons. The molecule has 1 fully saturated rings. The van der Waals surface area contributed by atoms with E-state index in [2.05, 4.69) is 97.0 Å². The van der Waals surface area contributed by atoms with Gasteiger partial charge in [0.15, 0.2) is 0 Å². The molecule has 0 aromatic heterocycles. The number of anilines is 1. The van der Waals surface area contributed by atoms with Crippen molar-refractivity contribution in [2.45, 2.75) is 19.4 Å². The van der Waals surface area contributed by atoms with Gasteiger partial charge >= 0.3 is 0 Å². The molecule has 1 heterocycles. The van der Waals surface area contributed by atoms with E-state index in [1.165, 1.54) is 3.57 Å². The smallest absolute Gasteiger partial charge is 0.238 e. The lowest BCUT2D eigenvalue weighted by atomic mass is 9.97. The summed E-state index contributed by atoms with van der Waals surface area (Å²) in [5.74, 6) is 0.591. The van der Waals surface area contributed by atoms with Crippen LogP contribution in [0.4, 0.5) is 5.69 Å². The van der Waals surface area contributed by atoms with Crippen LogP contribution in [0.5, 0.6) is 0 Å². The minimum absolute atomic E-state index is 0.0355. The monoisotopic (exact) mass is 625 g/mol. The average molecular weight is 625 g/mol. The van der Waals surface area contributed by atoms with E-state index in [0.29, 0.717) is 12.5 Å². The number of nitrogens with zero attached hydrogens (tertiary/aromatic N) is 1. The van der Waals surface area contributed by atoms with Crippen LogP contribution in [0.1, 0.15) is 13.3 Å². The molecule has 1 amide bonds. The molecule has 3 N–H and O–H groups in total. The molecule has 1 aromatic carbocycles. The van der Waals surface area contributed by atoms with Crippen LogP contribution in [0.25, 0.3) is 0 Å². The number of rotatable bonds is 3. The van der Waals surface area contributed by atoms with Gasteiger partial charge in [0.05, 0.1) is 12.2 Å². The molecule has 2 rings (SSSR count). The summed E-state index contributed by atoms with van der Waals surface area (Å²) in [6.07, 6.45) is 1.05. The number of amides is 1. The molecule has 0 spiro atoms. The highest BCUT2D eigenvalue weighted by Gasteiger charge is 2.24. The van der Waals surface area contributed by atoms with Crippen molar-refractivity contribution < 1.29 is 4.79 Å². The van der Waals surface area contributed by atoms with Gasteiger partial charge in [0, 0.05) is 29.8 Å². The van der Waals surface area contributed by atoms with Crippen molar-refractivity contribution in [3.63, 3.8) is 0 Å². The summed E-state index contributed by atoms with van der Waals surface area (Å²) in [7, 11) is 0. The van der Waals surface area contributed by atoms with Crippen molar-refractivity contribution in [2.24, 2.45) is 11.7 Å². The summed E-state index contributed by atoms with van der Waals surface area (Å²) < 4.78 is 3.32. The Morgan fingerprint density at radius 3 is 2.52 bits per heavy atom. The molecular weight excluding hydrogens is 607 g/mol. The molecule has 21 heavy (non-hydrogen) atoms. The number of benzene rings is 1. The predicted molar refractivity (Wildman–Crippen MR) is 111 cm³/mol. The van der Waals surface area contributed by atoms with Crippen molar-refractivity contribution in [1.82, 2.24) is 4.90 Å². The Labute approximate surface area is 166 Å². The first-order chi connectivity index (χ1) is 9.85. The number of hydrogen-bond donors (Lipinski definition) is 2. The molecular formula is C14H18I3N3O. The molecule has 1 aliphatic rings. The van der Waals surface area contributed by atoms with E-state index < -0.39 is 0 Å². The zero-order chi connectivity index (χ0) is 15.6. The first kappa shape index (κ1) is 18.1. The van der Waals surface area contributed by atoms with Crippen LogP contribution in [0.2, 0.25) is 0 Å². The second-order valence-electron chi connectivity index (χ2n) is 5.59. The van der Waals surface area contributed by atoms with Crippen LogP contribution in [0.15, 0.2) is 12.1 Å². The van der Waals surface area contributed by atoms with Gasteiger partial charge in [0.2, 0.25) is 5.91 Å². The molecule has 2 atom stereocenters. The van der Waals surface area contributed by atoms with Gasteiger partial charge in [-0.3, -0.25) is 9.69 Å². The zero-order valence-corrected chi connectivity index (χ0v) is 18.2. The van der Waals surface area contributed by atoms with Gasteiger partial charge in [0.25, 0.3) is 0 Å². The second-order valence-corrected chi connectivity index (χ2v) is 9.16. The number of halogens is 3. The van der Waals surface area contributed by atoms with Crippen LogP contribution >= 0.6 is 67.8 Å². The van der Waals surface area contributed by atoms with Crippen LogP contribution in [0.3, 0.4) is 0 Å². The Bertz CT molecular complexity index is 505. The summed E-state index contributed by atoms with van der Waals surface area (Å²) >= 11 is 6.81. The van der Waals surface area contributed by atoms with E-state index in [1.54, 1.807) is 0 Å². The van der Waals surface area contributed by atoms with E-state index in [1.807, 2.05) is 0 Å². The maximum atomic E-state index is 12.3. The largest absolute Gasteiger partial charge is 0.327 e. The zero-order valence-electron chi connectivity index (χ0n) is 11.7. The Balaban J connectivity index is 1.99. The topological polar surface area (TPSA) is 58.4 Å². The number of carbonyl (C=O) groups excluding carboxylic acids is 1. The standard InChI is InChI=1S/C14H18I3N3O/c1-8-2-10(18)6-20(5-8)7-13(21)19-14-11(16)3-9(15)4-12(14)17/h3-4,8,10H,2,5-7,18H2,1H3,(H,19,21). The van der Waals surface area contributed by atoms with Gasteiger partial charge in [-0.2, -0.15) is 0 Å². The summed E-state index contributed by atoms with van der Waals surface area (Å²) in [6.45, 7) is 4.35. The number of carbonyl (C=O) groups is 1. The SMILES string of the molecule is CC1CC(N)CN(CC(=O)Nc2c(I)cc(I)cc2I)C1. The summed E-state index contributed by atoms with van der Waals surface area (Å²) in [5.41, 5.74) is 6.95. The van der Waals surface area contributed by atoms with E-state index in [-0.39, 0.29) is 11.9 Å². The number of hydrogen-bond acceptors (Lipinski definition) is 3. The predicted octanol–water partition coefficient (Wildman–Crippen LogP) is 3.11. The molecule has 2 unspecified atom stereocenters. The molecule has 0 aliphatic carbocycles. The van der Waals surface area contributed by atoms with Crippen LogP contribution in [-0.2, 0) is 4.79 Å². The molecule has 7 heteroatoms. The maximum absolute atomic E-state index is 12.3. The van der Waals surface area contributed by atoms with E-state index in [4.69, 9.17) is 5.73 Å². The second kappa shape index (κ2) is 8.06.